The molecule has 0 radical (unpaired) electrons. The smallest absolute Gasteiger partial charge is 0.410 e. The maximum absolute atomic E-state index is 12.7. The number of nitrogens with zero attached hydrogens (tertiary/aromatic N) is 1. The summed E-state index contributed by atoms with van der Waals surface area (Å²) < 4.78 is 5.59. The minimum Gasteiger partial charge on any atom is -0.445 e. The molecule has 146 valence electrons. The first-order valence-corrected chi connectivity index (χ1v) is 10.2. The van der Waals surface area contributed by atoms with Crippen LogP contribution in [-0.2, 0) is 16.1 Å². The first-order chi connectivity index (χ1) is 13.0. The van der Waals surface area contributed by atoms with E-state index < -0.39 is 0 Å². The highest BCUT2D eigenvalue weighted by atomic mass is 16.6. The molecule has 2 unspecified atom stereocenters. The van der Waals surface area contributed by atoms with Gasteiger partial charge in [-0.1, -0.05) is 42.0 Å². The van der Waals surface area contributed by atoms with Gasteiger partial charge in [0, 0.05) is 24.4 Å². The maximum atomic E-state index is 12.7. The molecule has 2 bridgehead atoms. The number of amides is 1. The van der Waals surface area contributed by atoms with Crippen molar-refractivity contribution in [3.63, 3.8) is 0 Å². The summed E-state index contributed by atoms with van der Waals surface area (Å²) in [6.45, 7) is 4.43. The first kappa shape index (κ1) is 19.7. The lowest BCUT2D eigenvalue weighted by Gasteiger charge is -2.47. The molecular weight excluding hydrogens is 338 g/mol. The van der Waals surface area contributed by atoms with E-state index in [1.54, 1.807) is 0 Å². The Hall–Kier alpha value is -2.10. The third-order valence-electron chi connectivity index (χ3n) is 5.79. The van der Waals surface area contributed by atoms with Crippen LogP contribution < -0.4 is 0 Å². The number of piperidine rings is 2. The van der Waals surface area contributed by atoms with E-state index in [-0.39, 0.29) is 24.1 Å². The predicted octanol–water partition coefficient (Wildman–Crippen LogP) is 5.27. The normalized spacial score (nSPS) is 24.2. The zero-order chi connectivity index (χ0) is 19.2. The van der Waals surface area contributed by atoms with Gasteiger partial charge in [-0.25, -0.2) is 4.79 Å². The van der Waals surface area contributed by atoms with Gasteiger partial charge in [0.2, 0.25) is 0 Å². The second-order valence-corrected chi connectivity index (χ2v) is 8.14. The van der Waals surface area contributed by atoms with Crippen molar-refractivity contribution in [1.82, 2.24) is 4.90 Å². The summed E-state index contributed by atoms with van der Waals surface area (Å²) in [5.74, 6) is 0.464. The third kappa shape index (κ3) is 5.21. The number of Topliss-reactive ketones (excluding diaryl/α,β-unsaturated/α-hetero) is 1. The second kappa shape index (κ2) is 9.20. The molecule has 0 N–H and O–H groups in total. The maximum Gasteiger partial charge on any atom is 0.410 e. The molecule has 2 fully saturated rings. The highest BCUT2D eigenvalue weighted by Gasteiger charge is 2.43. The van der Waals surface area contributed by atoms with Crippen molar-refractivity contribution in [2.24, 2.45) is 5.92 Å². The molecule has 0 aromatic heterocycles. The third-order valence-corrected chi connectivity index (χ3v) is 5.79. The van der Waals surface area contributed by atoms with Crippen molar-refractivity contribution >= 4 is 11.9 Å². The van der Waals surface area contributed by atoms with Gasteiger partial charge in [-0.05, 0) is 57.9 Å². The van der Waals surface area contributed by atoms with E-state index in [0.29, 0.717) is 18.8 Å². The number of ketones is 1. The van der Waals surface area contributed by atoms with Crippen molar-refractivity contribution < 1.29 is 14.3 Å². The van der Waals surface area contributed by atoms with E-state index in [1.807, 2.05) is 35.2 Å². The van der Waals surface area contributed by atoms with E-state index in [2.05, 4.69) is 19.9 Å². The number of allylic oxidation sites excluding steroid dienone is 2. The fourth-order valence-electron chi connectivity index (χ4n) is 4.44. The molecular formula is C23H31NO3. The van der Waals surface area contributed by atoms with Gasteiger partial charge in [-0.3, -0.25) is 4.79 Å². The quantitative estimate of drug-likeness (QED) is 0.642. The van der Waals surface area contributed by atoms with E-state index >= 15 is 0 Å². The van der Waals surface area contributed by atoms with Crippen molar-refractivity contribution in [2.75, 3.05) is 0 Å². The van der Waals surface area contributed by atoms with Gasteiger partial charge in [0.25, 0.3) is 0 Å². The van der Waals surface area contributed by atoms with Gasteiger partial charge in [-0.2, -0.15) is 0 Å². The minimum absolute atomic E-state index is 0.101. The SMILES string of the molecule is CC(C)=CCCC(=O)C1CC2CCCC(C1)N2C(=O)OCc1ccccc1. The second-order valence-electron chi connectivity index (χ2n) is 8.14. The lowest BCUT2D eigenvalue weighted by atomic mass is 9.76. The molecule has 0 saturated carbocycles. The standard InChI is InChI=1S/C23H31NO3/c1-17(2)8-6-13-22(25)19-14-20-11-7-12-21(15-19)24(20)23(26)27-16-18-9-4-3-5-10-18/h3-5,8-10,19-21H,6-7,11-16H2,1-2H3. The van der Waals surface area contributed by atoms with Crippen LogP contribution in [0.15, 0.2) is 42.0 Å². The highest BCUT2D eigenvalue weighted by molar-refractivity contribution is 5.81. The van der Waals surface area contributed by atoms with Crippen LogP contribution in [0.5, 0.6) is 0 Å². The number of carbonyl (C=O) groups excluding carboxylic acids is 2. The lowest BCUT2D eigenvalue weighted by Crippen LogP contribution is -2.55. The van der Waals surface area contributed by atoms with E-state index in [4.69, 9.17) is 4.74 Å². The molecule has 0 aliphatic carbocycles. The Kier molecular flexibility index (Phi) is 6.70. The molecule has 2 aliphatic rings. The molecule has 1 aromatic rings. The van der Waals surface area contributed by atoms with Crippen LogP contribution in [0.2, 0.25) is 0 Å². The molecule has 2 atom stereocenters. The van der Waals surface area contributed by atoms with Crippen LogP contribution in [0.4, 0.5) is 4.79 Å². The molecule has 4 nitrogen and oxygen atoms in total. The predicted molar refractivity (Wildman–Crippen MR) is 106 cm³/mol. The van der Waals surface area contributed by atoms with Crippen molar-refractivity contribution in [3.05, 3.63) is 47.5 Å². The lowest BCUT2D eigenvalue weighted by molar-refractivity contribution is -0.126. The van der Waals surface area contributed by atoms with Gasteiger partial charge < -0.3 is 9.64 Å². The van der Waals surface area contributed by atoms with Crippen LogP contribution in [0.25, 0.3) is 0 Å². The number of carbonyl (C=O) groups is 2. The Bertz CT molecular complexity index is 664. The molecule has 1 amide bonds. The number of hydrogen-bond donors (Lipinski definition) is 0. The van der Waals surface area contributed by atoms with Crippen LogP contribution in [0, 0.1) is 5.92 Å². The highest BCUT2D eigenvalue weighted by Crippen LogP contribution is 2.38. The topological polar surface area (TPSA) is 46.6 Å². The molecule has 3 rings (SSSR count). The van der Waals surface area contributed by atoms with Gasteiger partial charge in [0.1, 0.15) is 12.4 Å². The Morgan fingerprint density at radius 2 is 1.78 bits per heavy atom. The van der Waals surface area contributed by atoms with Gasteiger partial charge in [0.05, 0.1) is 0 Å². The molecule has 4 heteroatoms. The fraction of sp³-hybridized carbons (Fsp3) is 0.565. The molecule has 2 heterocycles. The number of benzene rings is 1. The summed E-state index contributed by atoms with van der Waals surface area (Å²) in [4.78, 5) is 27.3. The van der Waals surface area contributed by atoms with Crippen LogP contribution >= 0.6 is 0 Å². The number of hydrogen-bond acceptors (Lipinski definition) is 3. The minimum atomic E-state index is -0.219. The Morgan fingerprint density at radius 1 is 1.11 bits per heavy atom. The van der Waals surface area contributed by atoms with Crippen LogP contribution in [0.1, 0.15) is 64.4 Å². The van der Waals surface area contributed by atoms with E-state index in [0.717, 1.165) is 44.1 Å². The number of ether oxygens (including phenoxy) is 1. The summed E-state index contributed by atoms with van der Waals surface area (Å²) in [6.07, 6.45) is 8.05. The van der Waals surface area contributed by atoms with Crippen molar-refractivity contribution in [3.8, 4) is 0 Å². The Balaban J connectivity index is 1.56. The van der Waals surface area contributed by atoms with Gasteiger partial charge >= 0.3 is 6.09 Å². The Labute approximate surface area is 162 Å². The zero-order valence-corrected chi connectivity index (χ0v) is 16.5. The van der Waals surface area contributed by atoms with Crippen molar-refractivity contribution in [1.29, 1.82) is 0 Å². The molecule has 2 saturated heterocycles. The average Bonchev–Trinajstić information content (AvgIpc) is 2.65. The summed E-state index contributed by atoms with van der Waals surface area (Å²) >= 11 is 0. The molecule has 0 spiro atoms. The Morgan fingerprint density at radius 3 is 2.41 bits per heavy atom. The van der Waals surface area contributed by atoms with Gasteiger partial charge in [0.15, 0.2) is 0 Å². The van der Waals surface area contributed by atoms with Gasteiger partial charge in [-0.15, -0.1) is 0 Å². The average molecular weight is 370 g/mol. The van der Waals surface area contributed by atoms with E-state index in [9.17, 15) is 9.59 Å². The molecule has 2 aliphatic heterocycles. The van der Waals surface area contributed by atoms with Crippen LogP contribution in [0.3, 0.4) is 0 Å². The zero-order valence-electron chi connectivity index (χ0n) is 16.5. The fourth-order valence-corrected chi connectivity index (χ4v) is 4.44. The van der Waals surface area contributed by atoms with Crippen LogP contribution in [-0.4, -0.2) is 28.9 Å². The summed E-state index contributed by atoms with van der Waals surface area (Å²) in [5, 5.41) is 0. The first-order valence-electron chi connectivity index (χ1n) is 10.2. The largest absolute Gasteiger partial charge is 0.445 e. The molecule has 27 heavy (non-hydrogen) atoms. The number of rotatable bonds is 6. The summed E-state index contributed by atoms with van der Waals surface area (Å²) in [7, 11) is 0. The monoisotopic (exact) mass is 369 g/mol. The van der Waals surface area contributed by atoms with Crippen molar-refractivity contribution in [2.45, 2.75) is 77.5 Å². The summed E-state index contributed by atoms with van der Waals surface area (Å²) in [6, 6.07) is 10.1. The van der Waals surface area contributed by atoms with E-state index in [1.165, 1.54) is 5.57 Å². The number of fused-ring (bicyclic) bond motifs is 2. The molecule has 1 aromatic carbocycles. The summed E-state index contributed by atoms with van der Waals surface area (Å²) in [5.41, 5.74) is 2.26.